The zero-order chi connectivity index (χ0) is 20.8. The molecule has 0 saturated carbocycles. The van der Waals surface area contributed by atoms with E-state index in [1.165, 1.54) is 0 Å². The summed E-state index contributed by atoms with van der Waals surface area (Å²) in [6, 6.07) is 11.6. The topological polar surface area (TPSA) is 100 Å². The first kappa shape index (κ1) is 23.2. The highest BCUT2D eigenvalue weighted by atomic mass is 16.4. The van der Waals surface area contributed by atoms with E-state index in [4.69, 9.17) is 10.8 Å². The number of nitrogens with one attached hydrogen (secondary N) is 2. The number of hydrogen-bond acceptors (Lipinski definition) is 5. The van der Waals surface area contributed by atoms with Crippen LogP contribution in [0, 0.1) is 0 Å². The van der Waals surface area contributed by atoms with Gasteiger partial charge in [0, 0.05) is 12.7 Å². The lowest BCUT2D eigenvalue weighted by atomic mass is 9.98. The van der Waals surface area contributed by atoms with E-state index in [-0.39, 0.29) is 0 Å². The average molecular weight is 385 g/mol. The molecule has 0 bridgehead atoms. The van der Waals surface area contributed by atoms with Crippen molar-refractivity contribution in [3.8, 4) is 0 Å². The maximum Gasteiger partial charge on any atom is 0.310 e. The van der Waals surface area contributed by atoms with Gasteiger partial charge in [-0.05, 0) is 63.0 Å². The van der Waals surface area contributed by atoms with E-state index in [0.29, 0.717) is 5.82 Å². The van der Waals surface area contributed by atoms with E-state index in [1.54, 1.807) is 19.2 Å². The quantitative estimate of drug-likeness (QED) is 0.368. The molecule has 0 aliphatic heterocycles. The predicted molar refractivity (Wildman–Crippen MR) is 117 cm³/mol. The van der Waals surface area contributed by atoms with Gasteiger partial charge in [-0.3, -0.25) is 4.79 Å². The van der Waals surface area contributed by atoms with Crippen molar-refractivity contribution in [2.75, 3.05) is 30.7 Å². The standard InChI is InChI=1S/C19H26N4O2.C3H6/c1-14(19(24)25)16-6-2-5-15(13-16)8-12-21-9-4-11-22-17-7-3-10-23-18(17)20;1-3-2/h2-3,5-7,10,13-14,21-22H,4,8-9,11-12H2,1H3,(H2,20,23)(H,24,25);3H,1H2,2H3. The summed E-state index contributed by atoms with van der Waals surface area (Å²) in [7, 11) is 0. The molecule has 0 aliphatic rings. The Morgan fingerprint density at radius 1 is 1.29 bits per heavy atom. The molecule has 2 rings (SSSR count). The number of anilines is 2. The van der Waals surface area contributed by atoms with Crippen LogP contribution in [0.1, 0.15) is 37.3 Å². The van der Waals surface area contributed by atoms with Crippen molar-refractivity contribution in [2.24, 2.45) is 0 Å². The van der Waals surface area contributed by atoms with E-state index < -0.39 is 11.9 Å². The van der Waals surface area contributed by atoms with Crippen LogP contribution >= 0.6 is 0 Å². The van der Waals surface area contributed by atoms with Crippen LogP contribution in [-0.4, -0.2) is 35.7 Å². The van der Waals surface area contributed by atoms with Gasteiger partial charge in [-0.1, -0.05) is 30.3 Å². The SMILES string of the molecule is C=CC.CC(C(=O)O)c1cccc(CCNCCCNc2cccnc2N)c1. The van der Waals surface area contributed by atoms with Gasteiger partial charge in [0.15, 0.2) is 0 Å². The van der Waals surface area contributed by atoms with E-state index >= 15 is 0 Å². The zero-order valence-corrected chi connectivity index (χ0v) is 16.8. The van der Waals surface area contributed by atoms with Crippen molar-refractivity contribution in [1.82, 2.24) is 10.3 Å². The second kappa shape index (κ2) is 13.3. The molecule has 0 amide bonds. The lowest BCUT2D eigenvalue weighted by Gasteiger charge is -2.10. The Morgan fingerprint density at radius 2 is 2.04 bits per heavy atom. The largest absolute Gasteiger partial charge is 0.481 e. The molecule has 152 valence electrons. The molecule has 0 saturated heterocycles. The van der Waals surface area contributed by atoms with Crippen molar-refractivity contribution in [2.45, 2.75) is 32.6 Å². The smallest absolute Gasteiger partial charge is 0.310 e. The Hall–Kier alpha value is -2.86. The molecule has 1 heterocycles. The Bertz CT molecular complexity index is 734. The monoisotopic (exact) mass is 384 g/mol. The van der Waals surface area contributed by atoms with E-state index in [1.807, 2.05) is 43.3 Å². The second-order valence-electron chi connectivity index (χ2n) is 6.43. The fraction of sp³-hybridized carbons (Fsp3) is 0.364. The number of hydrogen-bond donors (Lipinski definition) is 4. The molecule has 28 heavy (non-hydrogen) atoms. The van der Waals surface area contributed by atoms with E-state index in [9.17, 15) is 4.79 Å². The summed E-state index contributed by atoms with van der Waals surface area (Å²) in [5.41, 5.74) is 8.64. The summed E-state index contributed by atoms with van der Waals surface area (Å²) in [5, 5.41) is 15.8. The predicted octanol–water partition coefficient (Wildman–Crippen LogP) is 3.68. The van der Waals surface area contributed by atoms with Gasteiger partial charge in [0.1, 0.15) is 5.82 Å². The molecule has 1 atom stereocenters. The van der Waals surface area contributed by atoms with Crippen LogP contribution in [0.3, 0.4) is 0 Å². The molecule has 6 nitrogen and oxygen atoms in total. The first-order valence-electron chi connectivity index (χ1n) is 9.53. The summed E-state index contributed by atoms with van der Waals surface area (Å²) in [5.74, 6) is -0.748. The normalized spacial score (nSPS) is 11.1. The Morgan fingerprint density at radius 3 is 2.71 bits per heavy atom. The van der Waals surface area contributed by atoms with Crippen molar-refractivity contribution >= 4 is 17.5 Å². The fourth-order valence-corrected chi connectivity index (χ4v) is 2.52. The third-order valence-corrected chi connectivity index (χ3v) is 4.10. The molecule has 0 radical (unpaired) electrons. The number of allylic oxidation sites excluding steroid dienone is 1. The molecular weight excluding hydrogens is 352 g/mol. The van der Waals surface area contributed by atoms with Gasteiger partial charge < -0.3 is 21.5 Å². The summed E-state index contributed by atoms with van der Waals surface area (Å²) >= 11 is 0. The number of nitrogens with zero attached hydrogens (tertiary/aromatic N) is 1. The van der Waals surface area contributed by atoms with Crippen LogP contribution in [0.4, 0.5) is 11.5 Å². The number of pyridine rings is 1. The Labute approximate surface area is 167 Å². The van der Waals surface area contributed by atoms with Gasteiger partial charge in [-0.15, -0.1) is 6.58 Å². The van der Waals surface area contributed by atoms with Crippen molar-refractivity contribution in [1.29, 1.82) is 0 Å². The molecule has 1 aromatic carbocycles. The molecule has 0 fully saturated rings. The number of carbonyl (C=O) groups is 1. The van der Waals surface area contributed by atoms with Crippen LogP contribution < -0.4 is 16.4 Å². The number of carboxylic acid groups (broad SMARTS) is 1. The molecule has 0 aliphatic carbocycles. The van der Waals surface area contributed by atoms with Gasteiger partial charge in [-0.25, -0.2) is 4.98 Å². The van der Waals surface area contributed by atoms with Gasteiger partial charge in [-0.2, -0.15) is 0 Å². The molecule has 0 spiro atoms. The average Bonchev–Trinajstić information content (AvgIpc) is 2.68. The number of rotatable bonds is 10. The van der Waals surface area contributed by atoms with Crippen LogP contribution in [-0.2, 0) is 11.2 Å². The first-order chi connectivity index (χ1) is 13.5. The van der Waals surface area contributed by atoms with Crippen molar-refractivity contribution in [3.05, 3.63) is 66.4 Å². The summed E-state index contributed by atoms with van der Waals surface area (Å²) in [6.07, 6.45) is 5.28. The fourth-order valence-electron chi connectivity index (χ4n) is 2.52. The third kappa shape index (κ3) is 8.68. The lowest BCUT2D eigenvalue weighted by Crippen LogP contribution is -2.21. The highest BCUT2D eigenvalue weighted by Crippen LogP contribution is 2.17. The van der Waals surface area contributed by atoms with E-state index in [0.717, 1.165) is 49.3 Å². The minimum Gasteiger partial charge on any atom is -0.481 e. The van der Waals surface area contributed by atoms with Gasteiger partial charge in [0.05, 0.1) is 11.6 Å². The molecule has 5 N–H and O–H groups in total. The molecule has 1 unspecified atom stereocenters. The highest BCUT2D eigenvalue weighted by molar-refractivity contribution is 5.75. The molecular formula is C22H32N4O2. The number of nitrogen functional groups attached to an aromatic ring is 1. The molecule has 6 heteroatoms. The minimum atomic E-state index is -0.794. The third-order valence-electron chi connectivity index (χ3n) is 4.10. The number of aromatic nitrogens is 1. The summed E-state index contributed by atoms with van der Waals surface area (Å²) in [4.78, 5) is 15.1. The summed E-state index contributed by atoms with van der Waals surface area (Å²) in [6.45, 7) is 9.55. The molecule has 1 aromatic heterocycles. The van der Waals surface area contributed by atoms with Crippen LogP contribution in [0.15, 0.2) is 55.3 Å². The maximum absolute atomic E-state index is 11.1. The maximum atomic E-state index is 11.1. The van der Waals surface area contributed by atoms with Gasteiger partial charge in [0.25, 0.3) is 0 Å². The Kier molecular flexibility index (Phi) is 11.0. The van der Waals surface area contributed by atoms with E-state index in [2.05, 4.69) is 22.2 Å². The number of aliphatic carboxylic acids is 1. The molecule has 2 aromatic rings. The number of benzene rings is 1. The van der Waals surface area contributed by atoms with Crippen LogP contribution in [0.2, 0.25) is 0 Å². The van der Waals surface area contributed by atoms with Gasteiger partial charge >= 0.3 is 5.97 Å². The summed E-state index contributed by atoms with van der Waals surface area (Å²) < 4.78 is 0. The number of nitrogens with two attached hydrogens (primary N) is 1. The van der Waals surface area contributed by atoms with Crippen LogP contribution in [0.5, 0.6) is 0 Å². The van der Waals surface area contributed by atoms with Crippen molar-refractivity contribution in [3.63, 3.8) is 0 Å². The van der Waals surface area contributed by atoms with Gasteiger partial charge in [0.2, 0.25) is 0 Å². The Balaban J connectivity index is 0.00000122. The lowest BCUT2D eigenvalue weighted by molar-refractivity contribution is -0.138. The minimum absolute atomic E-state index is 0.473. The second-order valence-corrected chi connectivity index (χ2v) is 6.43. The highest BCUT2D eigenvalue weighted by Gasteiger charge is 2.13. The number of carboxylic acids is 1. The van der Waals surface area contributed by atoms with Crippen LogP contribution in [0.25, 0.3) is 0 Å². The zero-order valence-electron chi connectivity index (χ0n) is 16.8. The van der Waals surface area contributed by atoms with Crippen molar-refractivity contribution < 1.29 is 9.90 Å². The first-order valence-corrected chi connectivity index (χ1v) is 9.53.